The van der Waals surface area contributed by atoms with Crippen molar-refractivity contribution in [3.8, 4) is 0 Å². The number of pyridine rings is 1. The van der Waals surface area contributed by atoms with E-state index in [2.05, 4.69) is 0 Å². The highest BCUT2D eigenvalue weighted by atomic mass is 35.5. The van der Waals surface area contributed by atoms with Crippen molar-refractivity contribution in [3.05, 3.63) is 44.7 Å². The third kappa shape index (κ3) is 2.43. The van der Waals surface area contributed by atoms with Gasteiger partial charge in [0.15, 0.2) is 5.43 Å². The summed E-state index contributed by atoms with van der Waals surface area (Å²) in [5.41, 5.74) is 1.53. The smallest absolute Gasteiger partial charge is 0.308 e. The molecule has 5 heteroatoms. The number of rotatable bonds is 3. The Balaban J connectivity index is 2.94. The monoisotopic (exact) mass is 293 g/mol. The molecule has 1 N–H and O–H groups in total. The van der Waals surface area contributed by atoms with Gasteiger partial charge in [-0.1, -0.05) is 11.6 Å². The summed E-state index contributed by atoms with van der Waals surface area (Å²) in [5.74, 6) is -1.01. The summed E-state index contributed by atoms with van der Waals surface area (Å²) in [6, 6.07) is 5.15. The standard InChI is InChI=1S/C15H16ClNO3/c1-8(2)17-9(3)12(7-14(18)19)15(20)11-5-4-10(16)6-13(11)17/h4-6,8H,7H2,1-3H3,(H,18,19). The van der Waals surface area contributed by atoms with Crippen molar-refractivity contribution in [2.24, 2.45) is 0 Å². The summed E-state index contributed by atoms with van der Waals surface area (Å²) in [6.45, 7) is 5.75. The Hall–Kier alpha value is -1.81. The third-order valence-corrected chi connectivity index (χ3v) is 3.62. The van der Waals surface area contributed by atoms with E-state index >= 15 is 0 Å². The summed E-state index contributed by atoms with van der Waals surface area (Å²) in [4.78, 5) is 23.4. The molecule has 2 aromatic rings. The first-order chi connectivity index (χ1) is 9.32. The minimum absolute atomic E-state index is 0.101. The highest BCUT2D eigenvalue weighted by Gasteiger charge is 2.17. The van der Waals surface area contributed by atoms with Gasteiger partial charge in [-0.3, -0.25) is 9.59 Å². The molecule has 0 radical (unpaired) electrons. The van der Waals surface area contributed by atoms with Gasteiger partial charge in [0, 0.05) is 27.7 Å². The maximum absolute atomic E-state index is 12.5. The number of nitrogens with zero attached hydrogens (tertiary/aromatic N) is 1. The van der Waals surface area contributed by atoms with Crippen LogP contribution < -0.4 is 5.43 Å². The van der Waals surface area contributed by atoms with E-state index in [1.165, 1.54) is 0 Å². The average Bonchev–Trinajstić information content (AvgIpc) is 2.33. The predicted octanol–water partition coefficient (Wildman–Crippen LogP) is 3.17. The number of fused-ring (bicyclic) bond motifs is 1. The third-order valence-electron chi connectivity index (χ3n) is 3.38. The van der Waals surface area contributed by atoms with Gasteiger partial charge in [-0.25, -0.2) is 0 Å². The number of halogens is 1. The molecule has 0 saturated carbocycles. The van der Waals surface area contributed by atoms with Crippen molar-refractivity contribution >= 4 is 28.5 Å². The normalized spacial score (nSPS) is 11.2. The Morgan fingerprint density at radius 2 is 2.05 bits per heavy atom. The molecule has 0 amide bonds. The second kappa shape index (κ2) is 5.29. The maximum Gasteiger partial charge on any atom is 0.308 e. The molecule has 0 saturated heterocycles. The van der Waals surface area contributed by atoms with Crippen LogP contribution in [0.25, 0.3) is 10.9 Å². The van der Waals surface area contributed by atoms with E-state index in [4.69, 9.17) is 16.7 Å². The Kier molecular flexibility index (Phi) is 3.86. The summed E-state index contributed by atoms with van der Waals surface area (Å²) < 4.78 is 1.96. The lowest BCUT2D eigenvalue weighted by atomic mass is 10.0. The van der Waals surface area contributed by atoms with E-state index in [0.29, 0.717) is 21.7 Å². The van der Waals surface area contributed by atoms with Gasteiger partial charge < -0.3 is 9.67 Å². The number of carbonyl (C=O) groups is 1. The van der Waals surface area contributed by atoms with Crippen molar-refractivity contribution in [1.82, 2.24) is 4.57 Å². The summed E-state index contributed by atoms with van der Waals surface area (Å²) in [7, 11) is 0. The summed E-state index contributed by atoms with van der Waals surface area (Å²) in [5, 5.41) is 10.0. The molecule has 4 nitrogen and oxygen atoms in total. The zero-order valence-electron chi connectivity index (χ0n) is 11.6. The topological polar surface area (TPSA) is 59.3 Å². The fourth-order valence-corrected chi connectivity index (χ4v) is 2.74. The maximum atomic E-state index is 12.5. The van der Waals surface area contributed by atoms with E-state index in [9.17, 15) is 9.59 Å². The van der Waals surface area contributed by atoms with Gasteiger partial charge in [0.05, 0.1) is 11.9 Å². The molecular formula is C15H16ClNO3. The van der Waals surface area contributed by atoms with Gasteiger partial charge in [-0.15, -0.1) is 0 Å². The molecule has 0 unspecified atom stereocenters. The van der Waals surface area contributed by atoms with Gasteiger partial charge in [0.2, 0.25) is 0 Å². The van der Waals surface area contributed by atoms with Crippen LogP contribution in [0.3, 0.4) is 0 Å². The van der Waals surface area contributed by atoms with Crippen LogP contribution in [0.4, 0.5) is 0 Å². The molecular weight excluding hydrogens is 278 g/mol. The largest absolute Gasteiger partial charge is 0.481 e. The van der Waals surface area contributed by atoms with Crippen LogP contribution in [0, 0.1) is 6.92 Å². The SMILES string of the molecule is Cc1c(CC(=O)O)c(=O)c2ccc(Cl)cc2n1C(C)C. The number of hydrogen-bond donors (Lipinski definition) is 1. The Labute approximate surface area is 121 Å². The molecule has 1 aromatic heterocycles. The van der Waals surface area contributed by atoms with Gasteiger partial charge in [0.1, 0.15) is 0 Å². The van der Waals surface area contributed by atoms with Crippen LogP contribution in [0.2, 0.25) is 5.02 Å². The first-order valence-corrected chi connectivity index (χ1v) is 6.75. The molecule has 2 rings (SSSR count). The lowest BCUT2D eigenvalue weighted by Crippen LogP contribution is -2.22. The van der Waals surface area contributed by atoms with Crippen molar-refractivity contribution < 1.29 is 9.90 Å². The zero-order chi connectivity index (χ0) is 15.0. The molecule has 0 fully saturated rings. The lowest BCUT2D eigenvalue weighted by Gasteiger charge is -2.21. The average molecular weight is 294 g/mol. The summed E-state index contributed by atoms with van der Waals surface area (Å²) >= 11 is 6.01. The minimum Gasteiger partial charge on any atom is -0.481 e. The fraction of sp³-hybridized carbons (Fsp3) is 0.333. The van der Waals surface area contributed by atoms with Crippen molar-refractivity contribution in [3.63, 3.8) is 0 Å². The van der Waals surface area contributed by atoms with E-state index in [0.717, 1.165) is 5.52 Å². The molecule has 1 heterocycles. The lowest BCUT2D eigenvalue weighted by molar-refractivity contribution is -0.136. The molecule has 0 aliphatic carbocycles. The van der Waals surface area contributed by atoms with Crippen molar-refractivity contribution in [1.29, 1.82) is 0 Å². The van der Waals surface area contributed by atoms with Gasteiger partial charge in [-0.05, 0) is 39.0 Å². The van der Waals surface area contributed by atoms with Crippen LogP contribution in [0.1, 0.15) is 31.1 Å². The highest BCUT2D eigenvalue weighted by Crippen LogP contribution is 2.24. The minimum atomic E-state index is -1.01. The molecule has 0 bridgehead atoms. The molecule has 0 atom stereocenters. The number of benzene rings is 1. The molecule has 1 aromatic carbocycles. The van der Waals surface area contributed by atoms with Gasteiger partial charge >= 0.3 is 5.97 Å². The van der Waals surface area contributed by atoms with Crippen LogP contribution >= 0.6 is 11.6 Å². The molecule has 20 heavy (non-hydrogen) atoms. The first kappa shape index (κ1) is 14.6. The van der Waals surface area contributed by atoms with E-state index in [1.807, 2.05) is 18.4 Å². The Morgan fingerprint density at radius 1 is 1.40 bits per heavy atom. The Morgan fingerprint density at radius 3 is 2.60 bits per heavy atom. The van der Waals surface area contributed by atoms with E-state index in [1.54, 1.807) is 25.1 Å². The van der Waals surface area contributed by atoms with Crippen LogP contribution in [-0.2, 0) is 11.2 Å². The van der Waals surface area contributed by atoms with Crippen molar-refractivity contribution in [2.45, 2.75) is 33.2 Å². The number of aromatic nitrogens is 1. The van der Waals surface area contributed by atoms with Crippen LogP contribution in [0.5, 0.6) is 0 Å². The molecule has 106 valence electrons. The molecule has 0 spiro atoms. The van der Waals surface area contributed by atoms with E-state index in [-0.39, 0.29) is 17.9 Å². The Bertz CT molecular complexity index is 747. The fourth-order valence-electron chi connectivity index (χ4n) is 2.57. The van der Waals surface area contributed by atoms with E-state index < -0.39 is 5.97 Å². The predicted molar refractivity (Wildman–Crippen MR) is 79.7 cm³/mol. The van der Waals surface area contributed by atoms with Crippen LogP contribution in [-0.4, -0.2) is 15.6 Å². The second-order valence-electron chi connectivity index (χ2n) is 5.09. The number of aliphatic carboxylic acids is 1. The van der Waals surface area contributed by atoms with Gasteiger partial charge in [-0.2, -0.15) is 0 Å². The summed E-state index contributed by atoms with van der Waals surface area (Å²) in [6.07, 6.45) is -0.268. The number of carboxylic acid groups (broad SMARTS) is 1. The molecule has 0 aliphatic rings. The molecule has 0 aliphatic heterocycles. The van der Waals surface area contributed by atoms with Crippen LogP contribution in [0.15, 0.2) is 23.0 Å². The zero-order valence-corrected chi connectivity index (χ0v) is 12.4. The number of carboxylic acids is 1. The number of hydrogen-bond acceptors (Lipinski definition) is 2. The quantitative estimate of drug-likeness (QED) is 0.945. The van der Waals surface area contributed by atoms with Gasteiger partial charge in [0.25, 0.3) is 0 Å². The first-order valence-electron chi connectivity index (χ1n) is 6.38. The highest BCUT2D eigenvalue weighted by molar-refractivity contribution is 6.31. The van der Waals surface area contributed by atoms with Crippen molar-refractivity contribution in [2.75, 3.05) is 0 Å². The second-order valence-corrected chi connectivity index (χ2v) is 5.53.